The molecule has 0 fully saturated rings. The van der Waals surface area contributed by atoms with Gasteiger partial charge in [0.2, 0.25) is 0 Å². The van der Waals surface area contributed by atoms with Crippen molar-refractivity contribution >= 4 is 5.96 Å². The average Bonchev–Trinajstić information content (AvgIpc) is 2.17. The third kappa shape index (κ3) is 3.43. The lowest BCUT2D eigenvalue weighted by Crippen LogP contribution is -2.31. The molecule has 76 valence electrons. The van der Waals surface area contributed by atoms with Crippen LogP contribution in [0.15, 0.2) is 29.3 Å². The zero-order chi connectivity index (χ0) is 10.4. The zero-order valence-electron chi connectivity index (χ0n) is 8.13. The van der Waals surface area contributed by atoms with Crippen molar-refractivity contribution in [3.05, 3.63) is 35.6 Å². The van der Waals surface area contributed by atoms with E-state index in [0.717, 1.165) is 12.1 Å². The molecular formula is C10H14FN3. The van der Waals surface area contributed by atoms with E-state index in [9.17, 15) is 4.39 Å². The standard InChI is InChI=1S/C10H14FN3/c1-2-13-10(12)14-7-8-3-5-9(11)6-4-8/h3-6H,2,7H2,1H3,(H3,12,13,14). The van der Waals surface area contributed by atoms with Crippen LogP contribution in [0.3, 0.4) is 0 Å². The minimum atomic E-state index is -0.239. The van der Waals surface area contributed by atoms with E-state index in [-0.39, 0.29) is 5.82 Å². The highest BCUT2D eigenvalue weighted by atomic mass is 19.1. The highest BCUT2D eigenvalue weighted by Gasteiger charge is 1.93. The lowest BCUT2D eigenvalue weighted by atomic mass is 10.2. The predicted molar refractivity (Wildman–Crippen MR) is 55.4 cm³/mol. The first-order valence-corrected chi connectivity index (χ1v) is 4.50. The van der Waals surface area contributed by atoms with E-state index in [1.54, 1.807) is 12.1 Å². The minimum absolute atomic E-state index is 0.239. The van der Waals surface area contributed by atoms with E-state index in [0.29, 0.717) is 12.5 Å². The van der Waals surface area contributed by atoms with Gasteiger partial charge in [-0.3, -0.25) is 0 Å². The van der Waals surface area contributed by atoms with Gasteiger partial charge in [-0.05, 0) is 24.6 Å². The maximum absolute atomic E-state index is 12.5. The minimum Gasteiger partial charge on any atom is -0.370 e. The van der Waals surface area contributed by atoms with E-state index in [1.807, 2.05) is 6.92 Å². The Morgan fingerprint density at radius 1 is 1.43 bits per heavy atom. The number of guanidine groups is 1. The van der Waals surface area contributed by atoms with Crippen molar-refractivity contribution in [3.63, 3.8) is 0 Å². The molecule has 0 unspecified atom stereocenters. The zero-order valence-corrected chi connectivity index (χ0v) is 8.13. The second-order valence-corrected chi connectivity index (χ2v) is 2.86. The smallest absolute Gasteiger partial charge is 0.188 e. The van der Waals surface area contributed by atoms with Gasteiger partial charge in [0.25, 0.3) is 0 Å². The van der Waals surface area contributed by atoms with Gasteiger partial charge >= 0.3 is 0 Å². The quantitative estimate of drug-likeness (QED) is 0.563. The summed E-state index contributed by atoms with van der Waals surface area (Å²) in [7, 11) is 0. The molecule has 0 bridgehead atoms. The van der Waals surface area contributed by atoms with E-state index in [2.05, 4.69) is 10.3 Å². The highest BCUT2D eigenvalue weighted by molar-refractivity contribution is 5.77. The molecule has 0 saturated carbocycles. The Bertz CT molecular complexity index is 306. The van der Waals surface area contributed by atoms with E-state index in [4.69, 9.17) is 5.73 Å². The van der Waals surface area contributed by atoms with Crippen molar-refractivity contribution < 1.29 is 4.39 Å². The van der Waals surface area contributed by atoms with Gasteiger partial charge < -0.3 is 11.1 Å². The van der Waals surface area contributed by atoms with E-state index in [1.165, 1.54) is 12.1 Å². The lowest BCUT2D eigenvalue weighted by molar-refractivity contribution is 0.627. The number of hydrogen-bond acceptors (Lipinski definition) is 1. The van der Waals surface area contributed by atoms with Crippen LogP contribution in [-0.2, 0) is 6.54 Å². The Morgan fingerprint density at radius 3 is 2.64 bits per heavy atom. The van der Waals surface area contributed by atoms with Crippen molar-refractivity contribution in [3.8, 4) is 0 Å². The maximum Gasteiger partial charge on any atom is 0.188 e. The Morgan fingerprint density at radius 2 is 2.07 bits per heavy atom. The molecule has 3 nitrogen and oxygen atoms in total. The van der Waals surface area contributed by atoms with Gasteiger partial charge in [0.15, 0.2) is 5.96 Å². The summed E-state index contributed by atoms with van der Waals surface area (Å²) in [6, 6.07) is 6.21. The summed E-state index contributed by atoms with van der Waals surface area (Å²) in [5, 5.41) is 2.88. The summed E-state index contributed by atoms with van der Waals surface area (Å²) in [4.78, 5) is 4.07. The molecule has 1 aromatic carbocycles. The second-order valence-electron chi connectivity index (χ2n) is 2.86. The van der Waals surface area contributed by atoms with Crippen LogP contribution in [0.2, 0.25) is 0 Å². The fourth-order valence-corrected chi connectivity index (χ4v) is 1.00. The first-order valence-electron chi connectivity index (χ1n) is 4.50. The molecule has 1 aromatic rings. The molecule has 3 N–H and O–H groups in total. The summed E-state index contributed by atoms with van der Waals surface area (Å²) < 4.78 is 12.5. The number of hydrogen-bond donors (Lipinski definition) is 2. The summed E-state index contributed by atoms with van der Waals surface area (Å²) in [5.41, 5.74) is 6.46. The van der Waals surface area contributed by atoms with Gasteiger partial charge in [0.1, 0.15) is 5.82 Å². The van der Waals surface area contributed by atoms with Crippen LogP contribution >= 0.6 is 0 Å². The molecule has 4 heteroatoms. The molecule has 0 atom stereocenters. The summed E-state index contributed by atoms with van der Waals surface area (Å²) in [5.74, 6) is 0.175. The SMILES string of the molecule is CCNC(N)=NCc1ccc(F)cc1. The molecule has 0 heterocycles. The van der Waals surface area contributed by atoms with E-state index < -0.39 is 0 Å². The molecular weight excluding hydrogens is 181 g/mol. The monoisotopic (exact) mass is 195 g/mol. The van der Waals surface area contributed by atoms with Crippen LogP contribution < -0.4 is 11.1 Å². The van der Waals surface area contributed by atoms with Crippen LogP contribution in [0.25, 0.3) is 0 Å². The van der Waals surface area contributed by atoms with Gasteiger partial charge in [-0.2, -0.15) is 0 Å². The van der Waals surface area contributed by atoms with Crippen LogP contribution in [0.5, 0.6) is 0 Å². The first kappa shape index (κ1) is 10.5. The lowest BCUT2D eigenvalue weighted by Gasteiger charge is -2.01. The number of nitrogens with zero attached hydrogens (tertiary/aromatic N) is 1. The molecule has 1 rings (SSSR count). The van der Waals surface area contributed by atoms with Gasteiger partial charge in [0.05, 0.1) is 6.54 Å². The maximum atomic E-state index is 12.5. The van der Waals surface area contributed by atoms with Gasteiger partial charge in [-0.15, -0.1) is 0 Å². The van der Waals surface area contributed by atoms with Crippen LogP contribution in [0.4, 0.5) is 4.39 Å². The third-order valence-electron chi connectivity index (χ3n) is 1.70. The summed E-state index contributed by atoms with van der Waals surface area (Å²) in [6.07, 6.45) is 0. The Labute approximate surface area is 82.8 Å². The normalized spacial score (nSPS) is 11.4. The number of aliphatic imine (C=N–C) groups is 1. The van der Waals surface area contributed by atoms with Crippen molar-refractivity contribution in [2.24, 2.45) is 10.7 Å². The van der Waals surface area contributed by atoms with Gasteiger partial charge in [-0.1, -0.05) is 12.1 Å². The van der Waals surface area contributed by atoms with Crippen molar-refractivity contribution in [1.29, 1.82) is 0 Å². The molecule has 0 aliphatic rings. The van der Waals surface area contributed by atoms with Gasteiger partial charge in [0, 0.05) is 6.54 Å². The van der Waals surface area contributed by atoms with Crippen LogP contribution in [-0.4, -0.2) is 12.5 Å². The molecule has 0 saturated heterocycles. The predicted octanol–water partition coefficient (Wildman–Crippen LogP) is 1.25. The van der Waals surface area contributed by atoms with Gasteiger partial charge in [-0.25, -0.2) is 9.38 Å². The summed E-state index contributed by atoms with van der Waals surface area (Å²) in [6.45, 7) is 3.16. The third-order valence-corrected chi connectivity index (χ3v) is 1.70. The Balaban J connectivity index is 2.53. The molecule has 14 heavy (non-hydrogen) atoms. The fraction of sp³-hybridized carbons (Fsp3) is 0.300. The molecule has 0 spiro atoms. The summed E-state index contributed by atoms with van der Waals surface area (Å²) >= 11 is 0. The number of rotatable bonds is 3. The van der Waals surface area contributed by atoms with E-state index >= 15 is 0 Å². The van der Waals surface area contributed by atoms with Crippen molar-refractivity contribution in [2.45, 2.75) is 13.5 Å². The largest absolute Gasteiger partial charge is 0.370 e. The topological polar surface area (TPSA) is 50.4 Å². The highest BCUT2D eigenvalue weighted by Crippen LogP contribution is 2.03. The molecule has 0 aliphatic carbocycles. The number of nitrogens with two attached hydrogens (primary N) is 1. The van der Waals surface area contributed by atoms with Crippen molar-refractivity contribution in [2.75, 3.05) is 6.54 Å². The number of halogens is 1. The molecule has 0 aromatic heterocycles. The van der Waals surface area contributed by atoms with Crippen LogP contribution in [0.1, 0.15) is 12.5 Å². The number of benzene rings is 1. The molecule has 0 aliphatic heterocycles. The Kier molecular flexibility index (Phi) is 3.91. The Hall–Kier alpha value is -1.58. The van der Waals surface area contributed by atoms with Crippen LogP contribution in [0, 0.1) is 5.82 Å². The average molecular weight is 195 g/mol. The fourth-order valence-electron chi connectivity index (χ4n) is 1.00. The van der Waals surface area contributed by atoms with Crippen molar-refractivity contribution in [1.82, 2.24) is 5.32 Å². The molecule has 0 amide bonds. The first-order chi connectivity index (χ1) is 6.72. The second kappa shape index (κ2) is 5.21. The number of nitrogens with one attached hydrogen (secondary N) is 1. The molecule has 0 radical (unpaired) electrons.